The number of aromatic nitrogens is 3. The number of nitrogens with two attached hydrogens (primary N) is 1. The SMILES string of the molecule is NS(=O)(=O)c1cc(NC(=O)c2c(C(F)(F)F)c(C3CC3)nn2CC23CC(F)(F)CC2(C(F)(F)F)C3)ccn1. The van der Waals surface area contributed by atoms with Crippen LogP contribution in [0.5, 0.6) is 0 Å². The number of carbonyl (C=O) groups excluding carboxylic acids is 1. The van der Waals surface area contributed by atoms with Crippen molar-refractivity contribution >= 4 is 21.6 Å². The Morgan fingerprint density at radius 1 is 1.13 bits per heavy atom. The number of fused-ring (bicyclic) bond motifs is 1. The van der Waals surface area contributed by atoms with Crippen molar-refractivity contribution in [2.75, 3.05) is 5.32 Å². The van der Waals surface area contributed by atoms with Crippen LogP contribution in [0.2, 0.25) is 0 Å². The minimum atomic E-state index is -5.16. The second-order valence-electron chi connectivity index (χ2n) is 10.2. The molecule has 2 aromatic heterocycles. The topological polar surface area (TPSA) is 120 Å². The third-order valence-corrected chi connectivity index (χ3v) is 8.22. The average molecular weight is 573 g/mol. The first-order chi connectivity index (χ1) is 17.3. The zero-order valence-electron chi connectivity index (χ0n) is 19.1. The zero-order valence-corrected chi connectivity index (χ0v) is 19.9. The molecule has 0 saturated heterocycles. The standard InChI is InChI=1S/C21H19F8N5O3S/c22-19(23)7-17(6-18(17,8-19)21(27,28)29)9-34-15(13(20(24,25)26)14(33-34)10-1-2-10)16(35)32-11-3-4-31-12(5-11)38(30,36)37/h3-5,10H,1-2,6-9H2,(H2,30,36,37)(H,31,32,35). The first-order valence-electron chi connectivity index (χ1n) is 11.2. The third-order valence-electron chi connectivity index (χ3n) is 7.41. The van der Waals surface area contributed by atoms with Gasteiger partial charge < -0.3 is 5.32 Å². The second kappa shape index (κ2) is 7.86. The molecule has 0 bridgehead atoms. The molecule has 208 valence electrons. The number of sulfonamides is 1. The summed E-state index contributed by atoms with van der Waals surface area (Å²) in [5.74, 6) is -5.87. The van der Waals surface area contributed by atoms with Gasteiger partial charge in [0, 0.05) is 48.7 Å². The largest absolute Gasteiger partial charge is 0.420 e. The number of rotatable bonds is 6. The molecule has 2 atom stereocenters. The Morgan fingerprint density at radius 2 is 1.79 bits per heavy atom. The molecule has 3 N–H and O–H groups in total. The number of pyridine rings is 1. The molecule has 0 aromatic carbocycles. The number of nitrogens with one attached hydrogen (secondary N) is 1. The molecule has 2 heterocycles. The molecule has 2 aromatic rings. The molecular formula is C21H19F8N5O3S. The molecule has 8 nitrogen and oxygen atoms in total. The van der Waals surface area contributed by atoms with Crippen molar-refractivity contribution in [2.45, 2.75) is 67.9 Å². The Morgan fingerprint density at radius 3 is 2.34 bits per heavy atom. The van der Waals surface area contributed by atoms with Crippen LogP contribution in [0, 0.1) is 10.8 Å². The Hall–Kier alpha value is -2.82. The van der Waals surface area contributed by atoms with E-state index in [1.165, 1.54) is 0 Å². The van der Waals surface area contributed by atoms with Gasteiger partial charge in [-0.25, -0.2) is 27.3 Å². The van der Waals surface area contributed by atoms with E-state index >= 15 is 0 Å². The van der Waals surface area contributed by atoms with Crippen molar-refractivity contribution in [1.29, 1.82) is 0 Å². The first kappa shape index (κ1) is 26.8. The van der Waals surface area contributed by atoms with Crippen LogP contribution in [0.15, 0.2) is 23.4 Å². The van der Waals surface area contributed by atoms with Gasteiger partial charge in [0.05, 0.1) is 11.1 Å². The molecule has 1 amide bonds. The van der Waals surface area contributed by atoms with Crippen LogP contribution in [0.1, 0.15) is 59.8 Å². The molecule has 0 radical (unpaired) electrons. The fourth-order valence-electron chi connectivity index (χ4n) is 5.65. The first-order valence-corrected chi connectivity index (χ1v) is 12.8. The lowest BCUT2D eigenvalue weighted by molar-refractivity contribution is -0.202. The normalized spacial score (nSPS) is 26.8. The minimum absolute atomic E-state index is 0.291. The summed E-state index contributed by atoms with van der Waals surface area (Å²) in [6.07, 6.45) is -12.2. The number of primary sulfonamides is 1. The van der Waals surface area contributed by atoms with Gasteiger partial charge in [0.2, 0.25) is 5.92 Å². The molecule has 2 unspecified atom stereocenters. The summed E-state index contributed by atoms with van der Waals surface area (Å²) in [6.45, 7) is -0.987. The van der Waals surface area contributed by atoms with Crippen molar-refractivity contribution in [3.05, 3.63) is 35.3 Å². The zero-order chi connectivity index (χ0) is 28.1. The predicted molar refractivity (Wildman–Crippen MR) is 112 cm³/mol. The quantitative estimate of drug-likeness (QED) is 0.496. The number of halogens is 8. The van der Waals surface area contributed by atoms with Crippen molar-refractivity contribution in [3.63, 3.8) is 0 Å². The van der Waals surface area contributed by atoms with Gasteiger partial charge in [-0.15, -0.1) is 0 Å². The van der Waals surface area contributed by atoms with Gasteiger partial charge in [-0.3, -0.25) is 9.48 Å². The third kappa shape index (κ3) is 4.32. The number of amides is 1. The molecule has 0 aliphatic heterocycles. The molecule has 5 rings (SSSR count). The summed E-state index contributed by atoms with van der Waals surface area (Å²) < 4.78 is 136. The van der Waals surface area contributed by atoms with Crippen molar-refractivity contribution in [1.82, 2.24) is 14.8 Å². The summed E-state index contributed by atoms with van der Waals surface area (Å²) in [6, 6.07) is 1.82. The minimum Gasteiger partial charge on any atom is -0.320 e. The van der Waals surface area contributed by atoms with Gasteiger partial charge in [-0.2, -0.15) is 31.4 Å². The van der Waals surface area contributed by atoms with E-state index in [2.05, 4.69) is 15.4 Å². The Labute approximate surface area is 209 Å². The van der Waals surface area contributed by atoms with Gasteiger partial charge in [-0.05, 0) is 25.3 Å². The van der Waals surface area contributed by atoms with E-state index in [4.69, 9.17) is 5.14 Å². The van der Waals surface area contributed by atoms with Crippen LogP contribution in [0.4, 0.5) is 40.8 Å². The maximum atomic E-state index is 14.2. The number of anilines is 1. The molecule has 3 fully saturated rings. The molecule has 0 spiro atoms. The van der Waals surface area contributed by atoms with E-state index in [-0.39, 0.29) is 5.69 Å². The summed E-state index contributed by atoms with van der Waals surface area (Å²) >= 11 is 0. The highest BCUT2D eigenvalue weighted by atomic mass is 32.2. The fourth-order valence-corrected chi connectivity index (χ4v) is 6.14. The highest BCUT2D eigenvalue weighted by Gasteiger charge is 2.86. The molecule has 3 aliphatic carbocycles. The monoisotopic (exact) mass is 573 g/mol. The van der Waals surface area contributed by atoms with E-state index in [1.54, 1.807) is 0 Å². The lowest BCUT2D eigenvalue weighted by Gasteiger charge is -2.21. The second-order valence-corrected chi connectivity index (χ2v) is 11.7. The van der Waals surface area contributed by atoms with Crippen LogP contribution in [0.25, 0.3) is 0 Å². The van der Waals surface area contributed by atoms with E-state index in [0.29, 0.717) is 17.5 Å². The molecule has 3 saturated carbocycles. The van der Waals surface area contributed by atoms with Crippen molar-refractivity contribution < 1.29 is 48.3 Å². The summed E-state index contributed by atoms with van der Waals surface area (Å²) in [5, 5.41) is 10.2. The smallest absolute Gasteiger partial charge is 0.320 e. The van der Waals surface area contributed by atoms with Crippen LogP contribution in [-0.2, 0) is 22.7 Å². The highest BCUT2D eigenvalue weighted by molar-refractivity contribution is 7.89. The van der Waals surface area contributed by atoms with Crippen molar-refractivity contribution in [3.8, 4) is 0 Å². The Balaban J connectivity index is 1.59. The molecule has 17 heteroatoms. The van der Waals surface area contributed by atoms with Crippen molar-refractivity contribution in [2.24, 2.45) is 16.0 Å². The average Bonchev–Trinajstić information content (AvgIpc) is 3.62. The van der Waals surface area contributed by atoms with E-state index in [0.717, 1.165) is 18.3 Å². The van der Waals surface area contributed by atoms with E-state index in [9.17, 15) is 48.3 Å². The number of hydrogen-bond acceptors (Lipinski definition) is 5. The number of hydrogen-bond donors (Lipinski definition) is 2. The highest BCUT2D eigenvalue weighted by Crippen LogP contribution is 2.82. The number of nitrogens with zero attached hydrogens (tertiary/aromatic N) is 3. The van der Waals surface area contributed by atoms with Crippen LogP contribution < -0.4 is 10.5 Å². The maximum Gasteiger partial charge on any atom is 0.420 e. The van der Waals surface area contributed by atoms with Gasteiger partial charge >= 0.3 is 12.4 Å². The lowest BCUT2D eigenvalue weighted by atomic mass is 9.95. The van der Waals surface area contributed by atoms with E-state index in [1.807, 2.05) is 0 Å². The molecule has 3 aliphatic rings. The molecule has 38 heavy (non-hydrogen) atoms. The van der Waals surface area contributed by atoms with Crippen LogP contribution in [-0.4, -0.2) is 41.2 Å². The van der Waals surface area contributed by atoms with Gasteiger partial charge in [-0.1, -0.05) is 0 Å². The molecular weight excluding hydrogens is 554 g/mol. The number of alkyl halides is 8. The predicted octanol–water partition coefficient (Wildman–Crippen LogP) is 4.44. The van der Waals surface area contributed by atoms with Gasteiger partial charge in [0.25, 0.3) is 15.9 Å². The van der Waals surface area contributed by atoms with E-state index < -0.39 is 98.7 Å². The Bertz CT molecular complexity index is 1430. The van der Waals surface area contributed by atoms with Crippen LogP contribution >= 0.6 is 0 Å². The fraction of sp³-hybridized carbons (Fsp3) is 0.571. The van der Waals surface area contributed by atoms with Crippen LogP contribution in [0.3, 0.4) is 0 Å². The maximum absolute atomic E-state index is 14.2. The summed E-state index contributed by atoms with van der Waals surface area (Å²) in [5.41, 5.74) is -8.46. The summed E-state index contributed by atoms with van der Waals surface area (Å²) in [4.78, 5) is 16.7. The van der Waals surface area contributed by atoms with Gasteiger partial charge in [0.1, 0.15) is 11.3 Å². The lowest BCUT2D eigenvalue weighted by Crippen LogP contribution is -2.31. The number of carbonyl (C=O) groups is 1. The Kier molecular flexibility index (Phi) is 5.54. The summed E-state index contributed by atoms with van der Waals surface area (Å²) in [7, 11) is -4.35. The van der Waals surface area contributed by atoms with Gasteiger partial charge in [0.15, 0.2) is 5.03 Å².